The van der Waals surface area contributed by atoms with Crippen molar-refractivity contribution < 1.29 is 24.2 Å². The lowest BCUT2D eigenvalue weighted by molar-refractivity contribution is -0.144. The summed E-state index contributed by atoms with van der Waals surface area (Å²) in [4.78, 5) is 26.0. The Balaban J connectivity index is 3.62. The van der Waals surface area contributed by atoms with Gasteiger partial charge in [-0.2, -0.15) is 0 Å². The Morgan fingerprint density at radius 2 is 0.917 bits per heavy atom. The molecule has 0 aromatic rings. The molecule has 0 atom stereocenters. The molecular weight excluding hydrogens is 454 g/mol. The third-order valence-electron chi connectivity index (χ3n) is 6.65. The van der Waals surface area contributed by atoms with Gasteiger partial charge in [-0.3, -0.25) is 9.59 Å². The Bertz CT molecular complexity index is 446. The maximum atomic E-state index is 11.9. The second-order valence-corrected chi connectivity index (χ2v) is 10.2. The molecule has 0 saturated carbocycles. The molecular formula is C30H59NO5. The van der Waals surface area contributed by atoms with E-state index in [1.807, 2.05) is 0 Å². The standard InChI is InChI=1S/C30H59NO5/c1-3-5-7-9-11-19-27-35-29(33)21-15-13-17-23-31(25-26-32)24-18-14-16-22-30(34)36-28-20-12-10-8-6-4-2/h32H,3-28H2,1-2H3. The zero-order valence-electron chi connectivity index (χ0n) is 23.9. The van der Waals surface area contributed by atoms with Crippen molar-refractivity contribution in [3.63, 3.8) is 0 Å². The van der Waals surface area contributed by atoms with Crippen LogP contribution in [-0.2, 0) is 19.1 Å². The van der Waals surface area contributed by atoms with E-state index in [0.29, 0.717) is 32.6 Å². The van der Waals surface area contributed by atoms with E-state index in [9.17, 15) is 14.7 Å². The summed E-state index contributed by atoms with van der Waals surface area (Å²) in [7, 11) is 0. The molecule has 1 N–H and O–H groups in total. The van der Waals surface area contributed by atoms with E-state index >= 15 is 0 Å². The topological polar surface area (TPSA) is 76.1 Å². The average molecular weight is 514 g/mol. The molecule has 0 heterocycles. The summed E-state index contributed by atoms with van der Waals surface area (Å²) in [5.74, 6) is -0.137. The van der Waals surface area contributed by atoms with Crippen molar-refractivity contribution >= 4 is 11.9 Å². The normalized spacial score (nSPS) is 11.2. The summed E-state index contributed by atoms with van der Waals surface area (Å²) in [5.41, 5.74) is 0. The first-order valence-electron chi connectivity index (χ1n) is 15.3. The van der Waals surface area contributed by atoms with Gasteiger partial charge in [-0.05, 0) is 51.6 Å². The molecule has 0 radical (unpaired) electrons. The molecule has 0 bridgehead atoms. The van der Waals surface area contributed by atoms with Crippen molar-refractivity contribution in [2.45, 2.75) is 142 Å². The van der Waals surface area contributed by atoms with Crippen LogP contribution in [0.3, 0.4) is 0 Å². The second-order valence-electron chi connectivity index (χ2n) is 10.2. The number of nitrogens with zero attached hydrogens (tertiary/aromatic N) is 1. The number of aliphatic hydroxyl groups is 1. The van der Waals surface area contributed by atoms with Crippen molar-refractivity contribution in [1.82, 2.24) is 4.90 Å². The van der Waals surface area contributed by atoms with E-state index in [0.717, 1.165) is 77.3 Å². The fourth-order valence-corrected chi connectivity index (χ4v) is 4.32. The van der Waals surface area contributed by atoms with Gasteiger partial charge in [0.25, 0.3) is 0 Å². The van der Waals surface area contributed by atoms with Crippen molar-refractivity contribution in [3.8, 4) is 0 Å². The number of hydrogen-bond acceptors (Lipinski definition) is 6. The molecule has 6 heteroatoms. The molecule has 0 fully saturated rings. The maximum absolute atomic E-state index is 11.9. The summed E-state index contributed by atoms with van der Waals surface area (Å²) in [6.07, 6.45) is 21.2. The first-order chi connectivity index (χ1) is 17.6. The Hall–Kier alpha value is -1.14. The van der Waals surface area contributed by atoms with Gasteiger partial charge in [0.05, 0.1) is 19.8 Å². The third-order valence-corrected chi connectivity index (χ3v) is 6.65. The quantitative estimate of drug-likeness (QED) is 0.0880. The van der Waals surface area contributed by atoms with Gasteiger partial charge >= 0.3 is 11.9 Å². The number of hydrogen-bond donors (Lipinski definition) is 1. The summed E-state index contributed by atoms with van der Waals surface area (Å²) in [6.45, 7) is 8.27. The summed E-state index contributed by atoms with van der Waals surface area (Å²) in [6, 6.07) is 0. The van der Waals surface area contributed by atoms with Crippen LogP contribution in [-0.4, -0.2) is 61.4 Å². The zero-order chi connectivity index (χ0) is 26.5. The fraction of sp³-hybridized carbons (Fsp3) is 0.933. The predicted octanol–water partition coefficient (Wildman–Crippen LogP) is 7.21. The van der Waals surface area contributed by atoms with Crippen molar-refractivity contribution in [3.05, 3.63) is 0 Å². The second kappa shape index (κ2) is 28.4. The lowest BCUT2D eigenvalue weighted by atomic mass is 10.1. The Morgan fingerprint density at radius 3 is 1.33 bits per heavy atom. The van der Waals surface area contributed by atoms with E-state index in [2.05, 4.69) is 18.7 Å². The number of ether oxygens (including phenoxy) is 2. The lowest BCUT2D eigenvalue weighted by Crippen LogP contribution is -2.29. The molecule has 0 amide bonds. The molecule has 0 saturated heterocycles. The minimum atomic E-state index is -0.0683. The van der Waals surface area contributed by atoms with Gasteiger partial charge in [0.2, 0.25) is 0 Å². The fourth-order valence-electron chi connectivity index (χ4n) is 4.32. The third kappa shape index (κ3) is 25.9. The van der Waals surface area contributed by atoms with Gasteiger partial charge in [0.1, 0.15) is 0 Å². The van der Waals surface area contributed by atoms with Gasteiger partial charge in [0, 0.05) is 19.4 Å². The van der Waals surface area contributed by atoms with Crippen molar-refractivity contribution in [2.24, 2.45) is 0 Å². The van der Waals surface area contributed by atoms with Gasteiger partial charge in [-0.1, -0.05) is 90.9 Å². The molecule has 0 rings (SSSR count). The SMILES string of the molecule is CCCCCCCCOC(=O)CCCCCN(CCO)CCCCCC(=O)OCCCCCCCC. The largest absolute Gasteiger partial charge is 0.466 e. The highest BCUT2D eigenvalue weighted by Crippen LogP contribution is 2.09. The van der Waals surface area contributed by atoms with Crippen molar-refractivity contribution in [1.29, 1.82) is 0 Å². The minimum Gasteiger partial charge on any atom is -0.466 e. The van der Waals surface area contributed by atoms with Crippen LogP contribution < -0.4 is 0 Å². The first-order valence-corrected chi connectivity index (χ1v) is 15.3. The lowest BCUT2D eigenvalue weighted by Gasteiger charge is -2.21. The summed E-state index contributed by atoms with van der Waals surface area (Å²) < 4.78 is 10.7. The molecule has 0 spiro atoms. The molecule has 214 valence electrons. The number of carbonyl (C=O) groups is 2. The molecule has 6 nitrogen and oxygen atoms in total. The van der Waals surface area contributed by atoms with Gasteiger partial charge in [-0.25, -0.2) is 0 Å². The van der Waals surface area contributed by atoms with E-state index in [-0.39, 0.29) is 18.5 Å². The number of esters is 2. The monoisotopic (exact) mass is 513 g/mol. The number of rotatable bonds is 28. The molecule has 36 heavy (non-hydrogen) atoms. The highest BCUT2D eigenvalue weighted by Gasteiger charge is 2.07. The first kappa shape index (κ1) is 34.9. The summed E-state index contributed by atoms with van der Waals surface area (Å²) in [5, 5.41) is 9.35. The van der Waals surface area contributed by atoms with Crippen molar-refractivity contribution in [2.75, 3.05) is 39.5 Å². The van der Waals surface area contributed by atoms with Crippen LogP contribution in [0.4, 0.5) is 0 Å². The Kier molecular flexibility index (Phi) is 27.5. The molecule has 0 aromatic heterocycles. The van der Waals surface area contributed by atoms with Gasteiger partial charge in [0.15, 0.2) is 0 Å². The van der Waals surface area contributed by atoms with Crippen LogP contribution in [0.1, 0.15) is 142 Å². The van der Waals surface area contributed by atoms with Gasteiger partial charge < -0.3 is 19.5 Å². The zero-order valence-corrected chi connectivity index (χ0v) is 23.9. The summed E-state index contributed by atoms with van der Waals surface area (Å²) >= 11 is 0. The van der Waals surface area contributed by atoms with Crippen LogP contribution >= 0.6 is 0 Å². The van der Waals surface area contributed by atoms with Crippen LogP contribution in [0.5, 0.6) is 0 Å². The average Bonchev–Trinajstić information content (AvgIpc) is 2.87. The van der Waals surface area contributed by atoms with E-state index in [1.165, 1.54) is 51.4 Å². The highest BCUT2D eigenvalue weighted by atomic mass is 16.5. The Morgan fingerprint density at radius 1 is 0.528 bits per heavy atom. The Labute approximate surface area is 222 Å². The highest BCUT2D eigenvalue weighted by molar-refractivity contribution is 5.69. The van der Waals surface area contributed by atoms with Crippen LogP contribution in [0.25, 0.3) is 0 Å². The van der Waals surface area contributed by atoms with E-state index in [1.54, 1.807) is 0 Å². The van der Waals surface area contributed by atoms with E-state index in [4.69, 9.17) is 9.47 Å². The van der Waals surface area contributed by atoms with Crippen LogP contribution in [0.15, 0.2) is 0 Å². The molecule has 0 aliphatic rings. The molecule has 0 aliphatic heterocycles. The molecule has 0 aromatic carbocycles. The maximum Gasteiger partial charge on any atom is 0.305 e. The van der Waals surface area contributed by atoms with Crippen LogP contribution in [0, 0.1) is 0 Å². The molecule has 0 aliphatic carbocycles. The number of aliphatic hydroxyl groups excluding tert-OH is 1. The minimum absolute atomic E-state index is 0.0683. The number of unbranched alkanes of at least 4 members (excludes halogenated alkanes) is 14. The molecule has 0 unspecified atom stereocenters. The number of carbonyl (C=O) groups excluding carboxylic acids is 2. The van der Waals surface area contributed by atoms with E-state index < -0.39 is 0 Å². The van der Waals surface area contributed by atoms with Gasteiger partial charge in [-0.15, -0.1) is 0 Å². The smallest absolute Gasteiger partial charge is 0.305 e. The predicted molar refractivity (Wildman–Crippen MR) is 149 cm³/mol. The van der Waals surface area contributed by atoms with Crippen LogP contribution in [0.2, 0.25) is 0 Å².